The fourth-order valence-corrected chi connectivity index (χ4v) is 3.55. The van der Waals surface area contributed by atoms with Crippen molar-refractivity contribution in [3.63, 3.8) is 0 Å². The molecule has 0 atom stereocenters. The van der Waals surface area contributed by atoms with Crippen LogP contribution in [0.5, 0.6) is 0 Å². The SMILES string of the molecule is Cc1ccccc1-c1nn(-c2ccccc2)cc1C(=O)N1CCC(N)CC1.Cl. The summed E-state index contributed by atoms with van der Waals surface area (Å²) in [5, 5.41) is 4.79. The number of nitrogens with two attached hydrogens (primary N) is 1. The molecule has 4 rings (SSSR count). The second-order valence-corrected chi connectivity index (χ2v) is 7.12. The minimum absolute atomic E-state index is 0. The van der Waals surface area contributed by atoms with Gasteiger partial charge in [0.15, 0.2) is 0 Å². The minimum Gasteiger partial charge on any atom is -0.338 e. The van der Waals surface area contributed by atoms with E-state index in [1.54, 1.807) is 4.68 Å². The lowest BCUT2D eigenvalue weighted by molar-refractivity contribution is 0.0715. The molecule has 2 aromatic carbocycles. The maximum absolute atomic E-state index is 13.3. The summed E-state index contributed by atoms with van der Waals surface area (Å²) in [6, 6.07) is 18.1. The first-order valence-corrected chi connectivity index (χ1v) is 9.39. The molecule has 0 unspecified atom stereocenters. The lowest BCUT2D eigenvalue weighted by Crippen LogP contribution is -2.42. The van der Waals surface area contributed by atoms with E-state index in [-0.39, 0.29) is 24.4 Å². The Balaban J connectivity index is 0.00000225. The van der Waals surface area contributed by atoms with Gasteiger partial charge in [-0.3, -0.25) is 4.79 Å². The highest BCUT2D eigenvalue weighted by Crippen LogP contribution is 2.28. The molecule has 0 bridgehead atoms. The molecule has 1 aromatic heterocycles. The number of aryl methyl sites for hydroxylation is 1. The predicted molar refractivity (Wildman–Crippen MR) is 114 cm³/mol. The summed E-state index contributed by atoms with van der Waals surface area (Å²) in [6.07, 6.45) is 3.55. The predicted octanol–water partition coefficient (Wildman–Crippen LogP) is 3.83. The number of hydrogen-bond donors (Lipinski definition) is 1. The van der Waals surface area contributed by atoms with Crippen LogP contribution in [-0.2, 0) is 0 Å². The third-order valence-corrected chi connectivity index (χ3v) is 5.19. The zero-order valence-electron chi connectivity index (χ0n) is 15.9. The summed E-state index contributed by atoms with van der Waals surface area (Å²) in [6.45, 7) is 3.44. The second-order valence-electron chi connectivity index (χ2n) is 7.12. The highest BCUT2D eigenvalue weighted by atomic mass is 35.5. The lowest BCUT2D eigenvalue weighted by Gasteiger charge is -2.30. The third-order valence-electron chi connectivity index (χ3n) is 5.19. The summed E-state index contributed by atoms with van der Waals surface area (Å²) in [5.41, 5.74) is 10.4. The first kappa shape index (κ1) is 20.1. The van der Waals surface area contributed by atoms with Gasteiger partial charge in [-0.25, -0.2) is 4.68 Å². The molecular formula is C22H25ClN4O. The van der Waals surface area contributed by atoms with Crippen LogP contribution in [-0.4, -0.2) is 39.7 Å². The van der Waals surface area contributed by atoms with Crippen LogP contribution in [0.2, 0.25) is 0 Å². The Morgan fingerprint density at radius 2 is 1.68 bits per heavy atom. The Kier molecular flexibility index (Phi) is 6.17. The van der Waals surface area contributed by atoms with Crippen LogP contribution in [0, 0.1) is 6.92 Å². The number of nitrogens with zero attached hydrogens (tertiary/aromatic N) is 3. The number of carbonyl (C=O) groups is 1. The number of amides is 1. The molecule has 0 radical (unpaired) electrons. The zero-order valence-corrected chi connectivity index (χ0v) is 16.7. The van der Waals surface area contributed by atoms with E-state index in [1.807, 2.05) is 72.6 Å². The third kappa shape index (κ3) is 3.96. The van der Waals surface area contributed by atoms with Gasteiger partial charge in [0, 0.05) is 30.9 Å². The Bertz CT molecular complexity index is 946. The monoisotopic (exact) mass is 396 g/mol. The maximum Gasteiger partial charge on any atom is 0.257 e. The van der Waals surface area contributed by atoms with E-state index in [0.717, 1.165) is 35.3 Å². The number of benzene rings is 2. The van der Waals surface area contributed by atoms with E-state index in [1.165, 1.54) is 0 Å². The molecule has 3 aromatic rings. The quantitative estimate of drug-likeness (QED) is 0.731. The molecule has 6 heteroatoms. The van der Waals surface area contributed by atoms with Gasteiger partial charge in [0.05, 0.1) is 11.3 Å². The van der Waals surface area contributed by atoms with Gasteiger partial charge in [0.25, 0.3) is 5.91 Å². The molecule has 2 heterocycles. The molecule has 5 nitrogen and oxygen atoms in total. The summed E-state index contributed by atoms with van der Waals surface area (Å²) in [4.78, 5) is 15.2. The molecule has 1 saturated heterocycles. The average molecular weight is 397 g/mol. The van der Waals surface area contributed by atoms with E-state index >= 15 is 0 Å². The van der Waals surface area contributed by atoms with Crippen molar-refractivity contribution in [3.8, 4) is 16.9 Å². The molecule has 1 aliphatic heterocycles. The van der Waals surface area contributed by atoms with Crippen molar-refractivity contribution in [2.45, 2.75) is 25.8 Å². The highest BCUT2D eigenvalue weighted by molar-refractivity contribution is 6.00. The molecule has 1 aliphatic rings. The molecule has 0 spiro atoms. The fraction of sp³-hybridized carbons (Fsp3) is 0.273. The van der Waals surface area contributed by atoms with Crippen LogP contribution in [0.15, 0.2) is 60.8 Å². The van der Waals surface area contributed by atoms with E-state index in [4.69, 9.17) is 10.8 Å². The van der Waals surface area contributed by atoms with Gasteiger partial charge in [0.1, 0.15) is 5.69 Å². The van der Waals surface area contributed by atoms with E-state index < -0.39 is 0 Å². The summed E-state index contributed by atoms with van der Waals surface area (Å²) in [7, 11) is 0. The molecule has 1 amide bonds. The number of hydrogen-bond acceptors (Lipinski definition) is 3. The van der Waals surface area contributed by atoms with E-state index in [0.29, 0.717) is 18.7 Å². The van der Waals surface area contributed by atoms with Crippen molar-refractivity contribution in [1.29, 1.82) is 0 Å². The topological polar surface area (TPSA) is 64.2 Å². The first-order valence-electron chi connectivity index (χ1n) is 9.39. The van der Waals surface area contributed by atoms with Gasteiger partial charge < -0.3 is 10.6 Å². The lowest BCUT2D eigenvalue weighted by atomic mass is 10.0. The van der Waals surface area contributed by atoms with Gasteiger partial charge >= 0.3 is 0 Å². The number of rotatable bonds is 3. The van der Waals surface area contributed by atoms with Crippen LogP contribution >= 0.6 is 12.4 Å². The number of likely N-dealkylation sites (tertiary alicyclic amines) is 1. The van der Waals surface area contributed by atoms with Crippen molar-refractivity contribution < 1.29 is 4.79 Å². The molecule has 28 heavy (non-hydrogen) atoms. The number of aromatic nitrogens is 2. The van der Waals surface area contributed by atoms with Crippen molar-refractivity contribution >= 4 is 18.3 Å². The van der Waals surface area contributed by atoms with Gasteiger partial charge in [-0.1, -0.05) is 42.5 Å². The minimum atomic E-state index is 0. The Morgan fingerprint density at radius 3 is 2.36 bits per heavy atom. The normalized spacial score (nSPS) is 14.6. The van der Waals surface area contributed by atoms with Gasteiger partial charge in [-0.15, -0.1) is 12.4 Å². The summed E-state index contributed by atoms with van der Waals surface area (Å²) in [5.74, 6) is 0.0299. The van der Waals surface area contributed by atoms with Crippen LogP contribution in [0.4, 0.5) is 0 Å². The first-order chi connectivity index (χ1) is 13.1. The Labute approximate surface area is 171 Å². The van der Waals surface area contributed by atoms with Gasteiger partial charge in [-0.2, -0.15) is 5.10 Å². The van der Waals surface area contributed by atoms with E-state index in [2.05, 4.69) is 0 Å². The van der Waals surface area contributed by atoms with Gasteiger partial charge in [-0.05, 0) is 37.5 Å². The summed E-state index contributed by atoms with van der Waals surface area (Å²) >= 11 is 0. The molecule has 2 N–H and O–H groups in total. The van der Waals surface area contributed by atoms with Crippen LogP contribution < -0.4 is 5.73 Å². The van der Waals surface area contributed by atoms with Crippen molar-refractivity contribution in [2.24, 2.45) is 5.73 Å². The number of halogens is 1. The summed E-state index contributed by atoms with van der Waals surface area (Å²) < 4.78 is 1.80. The molecule has 1 fully saturated rings. The second kappa shape index (κ2) is 8.59. The molecule has 0 saturated carbocycles. The highest BCUT2D eigenvalue weighted by Gasteiger charge is 2.26. The van der Waals surface area contributed by atoms with Crippen LogP contribution in [0.25, 0.3) is 16.9 Å². The van der Waals surface area contributed by atoms with Crippen LogP contribution in [0.1, 0.15) is 28.8 Å². The van der Waals surface area contributed by atoms with Crippen molar-refractivity contribution in [3.05, 3.63) is 71.9 Å². The average Bonchev–Trinajstić information content (AvgIpc) is 3.14. The van der Waals surface area contributed by atoms with Crippen LogP contribution in [0.3, 0.4) is 0 Å². The van der Waals surface area contributed by atoms with Crippen molar-refractivity contribution in [1.82, 2.24) is 14.7 Å². The molecule has 146 valence electrons. The standard InChI is InChI=1S/C22H24N4O.ClH/c1-16-7-5-6-10-19(16)21-20(22(27)25-13-11-17(23)12-14-25)15-26(24-21)18-8-3-2-4-9-18;/h2-10,15,17H,11-14,23H2,1H3;1H. The largest absolute Gasteiger partial charge is 0.338 e. The fourth-order valence-electron chi connectivity index (χ4n) is 3.55. The van der Waals surface area contributed by atoms with E-state index in [9.17, 15) is 4.79 Å². The maximum atomic E-state index is 13.3. The molecular weight excluding hydrogens is 372 g/mol. The zero-order chi connectivity index (χ0) is 18.8. The smallest absolute Gasteiger partial charge is 0.257 e. The van der Waals surface area contributed by atoms with Crippen molar-refractivity contribution in [2.75, 3.05) is 13.1 Å². The number of para-hydroxylation sites is 1. The van der Waals surface area contributed by atoms with Gasteiger partial charge in [0.2, 0.25) is 0 Å². The number of piperidine rings is 1. The Hall–Kier alpha value is -2.63. The Morgan fingerprint density at radius 1 is 1.04 bits per heavy atom. The molecule has 0 aliphatic carbocycles. The number of carbonyl (C=O) groups excluding carboxylic acids is 1.